The van der Waals surface area contributed by atoms with E-state index in [-0.39, 0.29) is 5.91 Å². The van der Waals surface area contributed by atoms with Gasteiger partial charge in [-0.3, -0.25) is 19.3 Å². The fourth-order valence-corrected chi connectivity index (χ4v) is 3.56. The van der Waals surface area contributed by atoms with Crippen molar-refractivity contribution in [2.75, 3.05) is 17.2 Å². The number of nitrogens with zero attached hydrogens (tertiary/aromatic N) is 1. The molecule has 1 heterocycles. The van der Waals surface area contributed by atoms with Crippen LogP contribution in [-0.4, -0.2) is 41.2 Å². The maximum Gasteiger partial charge on any atom is 0.323 e. The van der Waals surface area contributed by atoms with Crippen molar-refractivity contribution in [3.8, 4) is 0 Å². The zero-order valence-electron chi connectivity index (χ0n) is 15.7. The lowest BCUT2D eigenvalue weighted by Crippen LogP contribution is -2.50. The second kappa shape index (κ2) is 9.43. The van der Waals surface area contributed by atoms with Gasteiger partial charge in [-0.2, -0.15) is 12.6 Å². The van der Waals surface area contributed by atoms with Crippen molar-refractivity contribution in [3.05, 3.63) is 71.8 Å². The molecule has 0 aromatic heterocycles. The smallest absolute Gasteiger partial charge is 0.323 e. The first-order chi connectivity index (χ1) is 14.0. The molecular formula is C22H22N2O4S. The Bertz CT molecular complexity index is 929. The molecule has 2 unspecified atom stereocenters. The number of hydrogen-bond donors (Lipinski definition) is 3. The van der Waals surface area contributed by atoms with E-state index >= 15 is 0 Å². The fourth-order valence-electron chi connectivity index (χ4n) is 3.26. The van der Waals surface area contributed by atoms with Crippen LogP contribution in [-0.2, 0) is 20.8 Å². The topological polar surface area (TPSA) is 86.7 Å². The van der Waals surface area contributed by atoms with Gasteiger partial charge < -0.3 is 10.4 Å². The molecule has 0 radical (unpaired) electrons. The molecule has 150 valence electrons. The van der Waals surface area contributed by atoms with Gasteiger partial charge in [0.1, 0.15) is 12.6 Å². The monoisotopic (exact) mass is 410 g/mol. The summed E-state index contributed by atoms with van der Waals surface area (Å²) < 4.78 is 0. The number of carbonyl (C=O) groups is 3. The summed E-state index contributed by atoms with van der Waals surface area (Å²) in [6, 6.07) is 15.7. The Kier molecular flexibility index (Phi) is 6.72. The highest BCUT2D eigenvalue weighted by molar-refractivity contribution is 7.80. The van der Waals surface area contributed by atoms with Gasteiger partial charge in [0.2, 0.25) is 5.91 Å². The van der Waals surface area contributed by atoms with Crippen LogP contribution < -0.4 is 10.2 Å². The van der Waals surface area contributed by atoms with Crippen molar-refractivity contribution >= 4 is 42.2 Å². The highest BCUT2D eigenvalue weighted by atomic mass is 32.1. The number of rotatable bonds is 7. The van der Waals surface area contributed by atoms with Gasteiger partial charge in [-0.25, -0.2) is 0 Å². The lowest BCUT2D eigenvalue weighted by Gasteiger charge is -2.25. The molecule has 29 heavy (non-hydrogen) atoms. The molecule has 6 nitrogen and oxygen atoms in total. The number of amides is 2. The Morgan fingerprint density at radius 3 is 2.48 bits per heavy atom. The number of fused-ring (bicyclic) bond motifs is 1. The van der Waals surface area contributed by atoms with E-state index in [1.165, 1.54) is 4.90 Å². The molecule has 3 rings (SSSR count). The standard InChI is InChI=1S/C22H22N2O4S/c25-20(26)13-24-19-9-5-4-8-16(19)10-11-18(22(24)28)23-21(27)17(14-29)12-15-6-2-1-3-7-15/h1-11,17-18,29H,12-14H2,(H,23,27)(H,25,26). The Hall–Kier alpha value is -3.06. The van der Waals surface area contributed by atoms with E-state index in [4.69, 9.17) is 0 Å². The van der Waals surface area contributed by atoms with Gasteiger partial charge >= 0.3 is 5.97 Å². The predicted molar refractivity (Wildman–Crippen MR) is 115 cm³/mol. The number of benzene rings is 2. The number of carboxylic acid groups (broad SMARTS) is 1. The Morgan fingerprint density at radius 2 is 1.79 bits per heavy atom. The summed E-state index contributed by atoms with van der Waals surface area (Å²) >= 11 is 4.30. The number of anilines is 1. The molecule has 2 aromatic carbocycles. The minimum Gasteiger partial charge on any atom is -0.480 e. The van der Waals surface area contributed by atoms with Crippen molar-refractivity contribution in [1.82, 2.24) is 5.32 Å². The van der Waals surface area contributed by atoms with Gasteiger partial charge in [-0.1, -0.05) is 60.7 Å². The quantitative estimate of drug-likeness (QED) is 0.612. The number of carbonyl (C=O) groups excluding carboxylic acids is 2. The molecular weight excluding hydrogens is 388 g/mol. The van der Waals surface area contributed by atoms with Crippen molar-refractivity contribution in [3.63, 3.8) is 0 Å². The van der Waals surface area contributed by atoms with Crippen molar-refractivity contribution in [1.29, 1.82) is 0 Å². The third kappa shape index (κ3) is 5.06. The first-order valence-electron chi connectivity index (χ1n) is 9.25. The van der Waals surface area contributed by atoms with Crippen LogP contribution in [0.4, 0.5) is 5.69 Å². The molecule has 0 saturated heterocycles. The van der Waals surface area contributed by atoms with Gasteiger partial charge in [-0.15, -0.1) is 0 Å². The lowest BCUT2D eigenvalue weighted by molar-refractivity contribution is -0.136. The highest BCUT2D eigenvalue weighted by Gasteiger charge is 2.31. The summed E-state index contributed by atoms with van der Waals surface area (Å²) in [5, 5.41) is 12.0. The zero-order chi connectivity index (χ0) is 20.8. The van der Waals surface area contributed by atoms with Crippen LogP contribution in [0.25, 0.3) is 6.08 Å². The first-order valence-corrected chi connectivity index (χ1v) is 9.88. The summed E-state index contributed by atoms with van der Waals surface area (Å²) in [7, 11) is 0. The minimum absolute atomic E-state index is 0.298. The zero-order valence-corrected chi connectivity index (χ0v) is 16.6. The average Bonchev–Trinajstić information content (AvgIpc) is 2.85. The molecule has 0 aliphatic carbocycles. The van der Waals surface area contributed by atoms with Crippen LogP contribution in [0.5, 0.6) is 0 Å². The van der Waals surface area contributed by atoms with E-state index in [1.807, 2.05) is 36.4 Å². The van der Waals surface area contributed by atoms with Crippen LogP contribution in [0.3, 0.4) is 0 Å². The minimum atomic E-state index is -1.13. The maximum absolute atomic E-state index is 13.0. The predicted octanol–water partition coefficient (Wildman–Crippen LogP) is 2.40. The van der Waals surface area contributed by atoms with Crippen molar-refractivity contribution in [2.45, 2.75) is 12.5 Å². The number of aliphatic carboxylic acids is 1. The van der Waals surface area contributed by atoms with E-state index in [9.17, 15) is 19.5 Å². The lowest BCUT2D eigenvalue weighted by atomic mass is 9.99. The maximum atomic E-state index is 13.0. The van der Waals surface area contributed by atoms with E-state index in [0.717, 1.165) is 5.56 Å². The van der Waals surface area contributed by atoms with Gasteiger partial charge in [0, 0.05) is 5.75 Å². The number of nitrogens with one attached hydrogen (secondary N) is 1. The van der Waals surface area contributed by atoms with E-state index < -0.39 is 30.4 Å². The molecule has 7 heteroatoms. The second-order valence-electron chi connectivity index (χ2n) is 6.79. The van der Waals surface area contributed by atoms with Gasteiger partial charge in [-0.05, 0) is 23.6 Å². The Morgan fingerprint density at radius 1 is 1.10 bits per heavy atom. The number of hydrogen-bond acceptors (Lipinski definition) is 4. The Balaban J connectivity index is 1.80. The van der Waals surface area contributed by atoms with E-state index in [2.05, 4.69) is 17.9 Å². The van der Waals surface area contributed by atoms with E-state index in [1.54, 1.807) is 30.4 Å². The SMILES string of the molecule is O=C(O)CN1C(=O)C(NC(=O)C(CS)Cc2ccccc2)C=Cc2ccccc21. The molecule has 0 saturated carbocycles. The number of para-hydroxylation sites is 1. The molecule has 0 spiro atoms. The third-order valence-electron chi connectivity index (χ3n) is 4.74. The summed E-state index contributed by atoms with van der Waals surface area (Å²) in [6.07, 6.45) is 3.83. The van der Waals surface area contributed by atoms with Gasteiger partial charge in [0.15, 0.2) is 0 Å². The highest BCUT2D eigenvalue weighted by Crippen LogP contribution is 2.26. The molecule has 2 N–H and O–H groups in total. The van der Waals surface area contributed by atoms with Crippen LogP contribution in [0.15, 0.2) is 60.7 Å². The first kappa shape index (κ1) is 20.7. The molecule has 2 aromatic rings. The van der Waals surface area contributed by atoms with Crippen LogP contribution >= 0.6 is 12.6 Å². The molecule has 2 amide bonds. The van der Waals surface area contributed by atoms with Crippen molar-refractivity contribution < 1.29 is 19.5 Å². The molecule has 1 aliphatic heterocycles. The number of thiol groups is 1. The second-order valence-corrected chi connectivity index (χ2v) is 7.16. The van der Waals surface area contributed by atoms with Crippen LogP contribution in [0, 0.1) is 5.92 Å². The summed E-state index contributed by atoms with van der Waals surface area (Å²) in [5.74, 6) is -2.00. The number of carboxylic acids is 1. The Labute approximate surface area is 174 Å². The molecule has 1 aliphatic rings. The van der Waals surface area contributed by atoms with Gasteiger partial charge in [0.05, 0.1) is 11.6 Å². The van der Waals surface area contributed by atoms with Crippen molar-refractivity contribution in [2.24, 2.45) is 5.92 Å². The largest absolute Gasteiger partial charge is 0.480 e. The molecule has 2 atom stereocenters. The summed E-state index contributed by atoms with van der Waals surface area (Å²) in [6.45, 7) is -0.482. The molecule has 0 bridgehead atoms. The third-order valence-corrected chi connectivity index (χ3v) is 5.18. The molecule has 0 fully saturated rings. The summed E-state index contributed by atoms with van der Waals surface area (Å²) in [5.41, 5.74) is 2.22. The van der Waals surface area contributed by atoms with E-state index in [0.29, 0.717) is 23.4 Å². The summed E-state index contributed by atoms with van der Waals surface area (Å²) in [4.78, 5) is 38.4. The average molecular weight is 410 g/mol. The normalized spacial score (nSPS) is 16.7. The fraction of sp³-hybridized carbons (Fsp3) is 0.227. The van der Waals surface area contributed by atoms with Gasteiger partial charge in [0.25, 0.3) is 5.91 Å². The van der Waals surface area contributed by atoms with Crippen LogP contribution in [0.1, 0.15) is 11.1 Å². The van der Waals surface area contributed by atoms with Crippen LogP contribution in [0.2, 0.25) is 0 Å².